The van der Waals surface area contributed by atoms with Gasteiger partial charge in [-0.05, 0) is 42.8 Å². The third-order valence-corrected chi connectivity index (χ3v) is 5.40. The van der Waals surface area contributed by atoms with Crippen molar-refractivity contribution in [3.05, 3.63) is 58.6 Å². The van der Waals surface area contributed by atoms with Gasteiger partial charge in [-0.1, -0.05) is 47.8 Å². The Morgan fingerprint density at radius 1 is 1.07 bits per heavy atom. The molecular weight excluding hydrogens is 430 g/mol. The van der Waals surface area contributed by atoms with E-state index in [0.29, 0.717) is 29.1 Å². The molecule has 4 rings (SSSR count). The van der Waals surface area contributed by atoms with Crippen LogP contribution in [0.1, 0.15) is 36.5 Å². The lowest BCUT2D eigenvalue weighted by atomic mass is 10.2. The Morgan fingerprint density at radius 3 is 2.45 bits per heavy atom. The normalized spacial score (nSPS) is 11.2. The molecule has 0 aliphatic heterocycles. The van der Waals surface area contributed by atoms with E-state index in [1.165, 1.54) is 0 Å². The molecule has 148 valence electrons. The van der Waals surface area contributed by atoms with Gasteiger partial charge in [0.05, 0.1) is 11.0 Å². The first-order chi connectivity index (χ1) is 14.1. The number of hydrogen-bond donors (Lipinski definition) is 2. The van der Waals surface area contributed by atoms with Gasteiger partial charge in [-0.2, -0.15) is 0 Å². The molecule has 0 bridgehead atoms. The average Bonchev–Trinajstić information content (AvgIpc) is 3.01. The molecule has 0 aliphatic carbocycles. The molecule has 0 radical (unpaired) electrons. The van der Waals surface area contributed by atoms with Crippen LogP contribution in [-0.2, 0) is 0 Å². The van der Waals surface area contributed by atoms with Crippen molar-refractivity contribution in [3.8, 4) is 5.69 Å². The molecule has 3 N–H and O–H groups in total. The zero-order valence-electron chi connectivity index (χ0n) is 16.2. The van der Waals surface area contributed by atoms with Gasteiger partial charge < -0.3 is 11.1 Å². The summed E-state index contributed by atoms with van der Waals surface area (Å²) in [4.78, 5) is 22.5. The Hall–Kier alpha value is -2.93. The molecule has 0 saturated carbocycles. The molecule has 0 aliphatic rings. The van der Waals surface area contributed by atoms with Crippen molar-refractivity contribution < 1.29 is 4.79 Å². The minimum atomic E-state index is -0.218. The lowest BCUT2D eigenvalue weighted by molar-refractivity contribution is 0.0955. The summed E-state index contributed by atoms with van der Waals surface area (Å²) in [5.41, 5.74) is 10.3. The minimum absolute atomic E-state index is 0.218. The maximum Gasteiger partial charge on any atom is 0.257 e. The van der Waals surface area contributed by atoms with Gasteiger partial charge >= 0.3 is 0 Å². The average molecular weight is 452 g/mol. The van der Waals surface area contributed by atoms with E-state index < -0.39 is 0 Å². The fourth-order valence-corrected chi connectivity index (χ4v) is 3.67. The zero-order chi connectivity index (χ0) is 20.4. The Labute approximate surface area is 177 Å². The smallest absolute Gasteiger partial charge is 0.257 e. The first-order valence-electron chi connectivity index (χ1n) is 9.71. The van der Waals surface area contributed by atoms with Gasteiger partial charge in [0.15, 0.2) is 5.65 Å². The summed E-state index contributed by atoms with van der Waals surface area (Å²) >= 11 is 3.46. The summed E-state index contributed by atoms with van der Waals surface area (Å²) in [6.45, 7) is 2.74. The molecular formula is C22H22BrN5O. The van der Waals surface area contributed by atoms with E-state index in [4.69, 9.17) is 15.7 Å². The van der Waals surface area contributed by atoms with Crippen molar-refractivity contribution in [2.45, 2.75) is 26.2 Å². The number of amides is 1. The first kappa shape index (κ1) is 19.4. The van der Waals surface area contributed by atoms with Crippen LogP contribution in [0.15, 0.2) is 53.0 Å². The molecule has 2 aromatic carbocycles. The van der Waals surface area contributed by atoms with Crippen molar-refractivity contribution in [1.82, 2.24) is 19.9 Å². The van der Waals surface area contributed by atoms with E-state index in [2.05, 4.69) is 28.2 Å². The standard InChI is InChI=1S/C22H22BrN5O/c1-2-3-6-13-25-22(29)18-19-21(27-17-8-5-4-7-16(17)26-19)28(20(18)24)15-11-9-14(23)10-12-15/h4-5,7-12H,2-3,6,13,24H2,1H3,(H,25,29). The number of carbonyl (C=O) groups excluding carboxylic acids is 1. The van der Waals surface area contributed by atoms with E-state index >= 15 is 0 Å². The monoisotopic (exact) mass is 451 g/mol. The number of para-hydroxylation sites is 2. The number of anilines is 1. The number of unbranched alkanes of at least 4 members (excludes halogenated alkanes) is 2. The van der Waals surface area contributed by atoms with E-state index in [0.717, 1.165) is 40.5 Å². The third kappa shape index (κ3) is 3.70. The van der Waals surface area contributed by atoms with Gasteiger partial charge in [0, 0.05) is 16.7 Å². The first-order valence-corrected chi connectivity index (χ1v) is 10.5. The van der Waals surface area contributed by atoms with Crippen LogP contribution < -0.4 is 11.1 Å². The van der Waals surface area contributed by atoms with E-state index in [1.807, 2.05) is 48.5 Å². The van der Waals surface area contributed by atoms with Crippen LogP contribution in [0.2, 0.25) is 0 Å². The Balaban J connectivity index is 1.89. The molecule has 0 atom stereocenters. The molecule has 4 aromatic rings. The predicted octanol–water partition coefficient (Wildman–Crippen LogP) is 4.84. The lowest BCUT2D eigenvalue weighted by Gasteiger charge is -2.08. The number of nitrogens with two attached hydrogens (primary N) is 1. The second kappa shape index (κ2) is 8.21. The predicted molar refractivity (Wildman–Crippen MR) is 120 cm³/mol. The number of aromatic nitrogens is 3. The molecule has 0 spiro atoms. The van der Waals surface area contributed by atoms with Gasteiger partial charge in [-0.25, -0.2) is 9.97 Å². The largest absolute Gasteiger partial charge is 0.384 e. The van der Waals surface area contributed by atoms with Gasteiger partial charge in [0.1, 0.15) is 16.9 Å². The molecule has 7 heteroatoms. The summed E-state index contributed by atoms with van der Waals surface area (Å²) < 4.78 is 2.75. The highest BCUT2D eigenvalue weighted by Crippen LogP contribution is 2.31. The van der Waals surface area contributed by atoms with Crippen molar-refractivity contribution in [2.24, 2.45) is 0 Å². The number of nitrogen functional groups attached to an aromatic ring is 1. The highest BCUT2D eigenvalue weighted by Gasteiger charge is 2.24. The SMILES string of the molecule is CCCCCNC(=O)c1c(N)n(-c2ccc(Br)cc2)c2nc3ccccc3nc12. The molecule has 0 unspecified atom stereocenters. The fraction of sp³-hybridized carbons (Fsp3) is 0.227. The molecule has 1 amide bonds. The summed E-state index contributed by atoms with van der Waals surface area (Å²) in [7, 11) is 0. The molecule has 0 fully saturated rings. The fourth-order valence-electron chi connectivity index (χ4n) is 3.40. The molecule has 6 nitrogen and oxygen atoms in total. The topological polar surface area (TPSA) is 85.8 Å². The molecule has 0 saturated heterocycles. The zero-order valence-corrected chi connectivity index (χ0v) is 17.7. The van der Waals surface area contributed by atoms with Gasteiger partial charge in [0.2, 0.25) is 0 Å². The van der Waals surface area contributed by atoms with Gasteiger partial charge in [0.25, 0.3) is 5.91 Å². The molecule has 29 heavy (non-hydrogen) atoms. The maximum atomic E-state index is 13.0. The highest BCUT2D eigenvalue weighted by molar-refractivity contribution is 9.10. The third-order valence-electron chi connectivity index (χ3n) is 4.88. The molecule has 2 aromatic heterocycles. The van der Waals surface area contributed by atoms with Crippen molar-refractivity contribution in [3.63, 3.8) is 0 Å². The van der Waals surface area contributed by atoms with Crippen LogP contribution in [0.25, 0.3) is 27.9 Å². The van der Waals surface area contributed by atoms with Crippen LogP contribution >= 0.6 is 15.9 Å². The summed E-state index contributed by atoms with van der Waals surface area (Å²) in [6, 6.07) is 15.3. The molecule has 2 heterocycles. The Kier molecular flexibility index (Phi) is 5.49. The number of hydrogen-bond acceptors (Lipinski definition) is 4. The van der Waals surface area contributed by atoms with Crippen LogP contribution in [0.5, 0.6) is 0 Å². The number of benzene rings is 2. The van der Waals surface area contributed by atoms with E-state index in [1.54, 1.807) is 4.57 Å². The highest BCUT2D eigenvalue weighted by atomic mass is 79.9. The quantitative estimate of drug-likeness (QED) is 0.410. The van der Waals surface area contributed by atoms with Crippen molar-refractivity contribution in [1.29, 1.82) is 0 Å². The summed E-state index contributed by atoms with van der Waals surface area (Å²) in [5.74, 6) is 0.120. The lowest BCUT2D eigenvalue weighted by Crippen LogP contribution is -2.25. The van der Waals surface area contributed by atoms with Gasteiger partial charge in [-0.15, -0.1) is 0 Å². The Morgan fingerprint density at radius 2 is 1.76 bits per heavy atom. The van der Waals surface area contributed by atoms with Crippen LogP contribution in [-0.4, -0.2) is 27.0 Å². The van der Waals surface area contributed by atoms with E-state index in [9.17, 15) is 4.79 Å². The number of carbonyl (C=O) groups is 1. The number of nitrogens with zero attached hydrogens (tertiary/aromatic N) is 3. The maximum absolute atomic E-state index is 13.0. The second-order valence-electron chi connectivity index (χ2n) is 6.92. The van der Waals surface area contributed by atoms with Crippen LogP contribution in [0, 0.1) is 0 Å². The van der Waals surface area contributed by atoms with Crippen LogP contribution in [0.4, 0.5) is 5.82 Å². The number of nitrogens with one attached hydrogen (secondary N) is 1. The Bertz CT molecular complexity index is 1180. The number of halogens is 1. The summed E-state index contributed by atoms with van der Waals surface area (Å²) in [5, 5.41) is 2.98. The second-order valence-corrected chi connectivity index (χ2v) is 7.84. The van der Waals surface area contributed by atoms with Crippen molar-refractivity contribution >= 4 is 49.9 Å². The summed E-state index contributed by atoms with van der Waals surface area (Å²) in [6.07, 6.45) is 3.10. The van der Waals surface area contributed by atoms with Crippen molar-refractivity contribution in [2.75, 3.05) is 12.3 Å². The van der Waals surface area contributed by atoms with Crippen LogP contribution in [0.3, 0.4) is 0 Å². The van der Waals surface area contributed by atoms with E-state index in [-0.39, 0.29) is 5.91 Å². The minimum Gasteiger partial charge on any atom is -0.384 e. The number of fused-ring (bicyclic) bond motifs is 2. The number of rotatable bonds is 6. The van der Waals surface area contributed by atoms with Gasteiger partial charge in [-0.3, -0.25) is 9.36 Å².